The molecule has 1 aromatic carbocycles. The molecule has 0 aliphatic carbocycles. The lowest BCUT2D eigenvalue weighted by Gasteiger charge is -2.34. The topological polar surface area (TPSA) is 91.0 Å². The summed E-state index contributed by atoms with van der Waals surface area (Å²) in [7, 11) is 0. The Hall–Kier alpha value is -2.52. The van der Waals surface area contributed by atoms with Gasteiger partial charge in [0.15, 0.2) is 6.10 Å². The number of carbonyl (C=O) groups is 3. The molecule has 2 N–H and O–H groups in total. The van der Waals surface area contributed by atoms with E-state index in [0.29, 0.717) is 18.5 Å². The number of nitrogens with zero attached hydrogens (tertiary/aromatic N) is 2. The fourth-order valence-electron chi connectivity index (χ4n) is 4.47. The van der Waals surface area contributed by atoms with Gasteiger partial charge in [-0.1, -0.05) is 6.07 Å². The molecule has 3 aliphatic heterocycles. The quantitative estimate of drug-likeness (QED) is 0.663. The van der Waals surface area contributed by atoms with Gasteiger partial charge >= 0.3 is 0 Å². The summed E-state index contributed by atoms with van der Waals surface area (Å²) < 4.78 is 20.4. The summed E-state index contributed by atoms with van der Waals surface area (Å²) >= 11 is 0. The Kier molecular flexibility index (Phi) is 6.82. The van der Waals surface area contributed by atoms with Crippen molar-refractivity contribution in [2.75, 3.05) is 45.8 Å². The van der Waals surface area contributed by atoms with Crippen LogP contribution in [0.5, 0.6) is 5.75 Å². The largest absolute Gasteiger partial charge is 0.480 e. The molecule has 0 aromatic heterocycles. The predicted octanol–water partition coefficient (Wildman–Crippen LogP) is 0.621. The molecule has 9 heteroatoms. The molecule has 3 fully saturated rings. The number of piperidine rings is 2. The molecule has 0 saturated carbocycles. The molecule has 168 valence electrons. The van der Waals surface area contributed by atoms with E-state index in [9.17, 15) is 18.8 Å². The first-order valence-corrected chi connectivity index (χ1v) is 11.0. The van der Waals surface area contributed by atoms with E-state index in [1.807, 2.05) is 4.90 Å². The highest BCUT2D eigenvalue weighted by Gasteiger charge is 2.29. The molecular weight excluding hydrogens is 403 g/mol. The lowest BCUT2D eigenvalue weighted by molar-refractivity contribution is -0.139. The SMILES string of the molecule is O=C1CCC(Oc2ccc(C3CCN(CC(=O)N4CCNCC4)CC3)c(F)c2)C(=O)N1. The van der Waals surface area contributed by atoms with Gasteiger partial charge in [0.25, 0.3) is 5.91 Å². The van der Waals surface area contributed by atoms with E-state index in [-0.39, 0.29) is 35.7 Å². The lowest BCUT2D eigenvalue weighted by atomic mass is 9.89. The van der Waals surface area contributed by atoms with E-state index in [0.717, 1.165) is 52.1 Å². The third-order valence-corrected chi connectivity index (χ3v) is 6.29. The van der Waals surface area contributed by atoms with Gasteiger partial charge in [0, 0.05) is 45.1 Å². The highest BCUT2D eigenvalue weighted by molar-refractivity contribution is 5.99. The number of halogens is 1. The Morgan fingerprint density at radius 2 is 1.84 bits per heavy atom. The maximum Gasteiger partial charge on any atom is 0.267 e. The number of rotatable bonds is 5. The van der Waals surface area contributed by atoms with Crippen LogP contribution in [-0.4, -0.2) is 79.4 Å². The first kappa shape index (κ1) is 21.7. The van der Waals surface area contributed by atoms with E-state index in [1.54, 1.807) is 12.1 Å². The standard InChI is InChI=1S/C22H29FN4O4/c23-18-13-16(31-19-3-4-20(28)25-22(19)30)1-2-17(18)15-5-9-26(10-6-15)14-21(29)27-11-7-24-8-12-27/h1-2,13,15,19,24H,3-12,14H2,(H,25,28,30). The van der Waals surface area contributed by atoms with Crippen molar-refractivity contribution in [2.45, 2.75) is 37.7 Å². The van der Waals surface area contributed by atoms with Gasteiger partial charge in [-0.3, -0.25) is 24.6 Å². The normalized spacial score (nSPS) is 23.5. The highest BCUT2D eigenvalue weighted by atomic mass is 19.1. The second-order valence-corrected chi connectivity index (χ2v) is 8.42. The smallest absolute Gasteiger partial charge is 0.267 e. The molecule has 31 heavy (non-hydrogen) atoms. The molecule has 3 aliphatic rings. The summed E-state index contributed by atoms with van der Waals surface area (Å²) in [6.45, 7) is 5.15. The Balaban J connectivity index is 1.29. The highest BCUT2D eigenvalue weighted by Crippen LogP contribution is 2.32. The van der Waals surface area contributed by atoms with Crippen molar-refractivity contribution >= 4 is 17.7 Å². The van der Waals surface area contributed by atoms with Crippen molar-refractivity contribution in [1.29, 1.82) is 0 Å². The molecule has 1 aromatic rings. The van der Waals surface area contributed by atoms with Gasteiger partial charge < -0.3 is 15.0 Å². The van der Waals surface area contributed by atoms with Crippen molar-refractivity contribution in [3.8, 4) is 5.75 Å². The van der Waals surface area contributed by atoms with Gasteiger partial charge in [-0.2, -0.15) is 0 Å². The molecule has 0 radical (unpaired) electrons. The first-order valence-electron chi connectivity index (χ1n) is 11.0. The number of imide groups is 1. The zero-order valence-corrected chi connectivity index (χ0v) is 17.6. The Morgan fingerprint density at radius 1 is 1.10 bits per heavy atom. The van der Waals surface area contributed by atoms with Gasteiger partial charge in [0.1, 0.15) is 11.6 Å². The van der Waals surface area contributed by atoms with Crippen LogP contribution < -0.4 is 15.4 Å². The molecule has 4 rings (SSSR count). The van der Waals surface area contributed by atoms with Crippen LogP contribution in [-0.2, 0) is 14.4 Å². The second-order valence-electron chi connectivity index (χ2n) is 8.42. The fourth-order valence-corrected chi connectivity index (χ4v) is 4.47. The van der Waals surface area contributed by atoms with Crippen molar-refractivity contribution in [2.24, 2.45) is 0 Å². The lowest BCUT2D eigenvalue weighted by Crippen LogP contribution is -2.50. The predicted molar refractivity (Wildman–Crippen MR) is 111 cm³/mol. The summed E-state index contributed by atoms with van der Waals surface area (Å²) in [6, 6.07) is 4.73. The first-order chi connectivity index (χ1) is 15.0. The number of piperazine rings is 1. The number of nitrogens with one attached hydrogen (secondary N) is 2. The van der Waals surface area contributed by atoms with Crippen LogP contribution in [0.1, 0.15) is 37.2 Å². The van der Waals surface area contributed by atoms with E-state index in [2.05, 4.69) is 15.5 Å². The fraction of sp³-hybridized carbons (Fsp3) is 0.591. The summed E-state index contributed by atoms with van der Waals surface area (Å²) in [4.78, 5) is 39.6. The van der Waals surface area contributed by atoms with E-state index >= 15 is 0 Å². The average Bonchev–Trinajstić information content (AvgIpc) is 2.77. The van der Waals surface area contributed by atoms with Crippen LogP contribution >= 0.6 is 0 Å². The molecule has 1 unspecified atom stereocenters. The van der Waals surface area contributed by atoms with Crippen LogP contribution in [0.2, 0.25) is 0 Å². The van der Waals surface area contributed by atoms with Crippen LogP contribution in [0.15, 0.2) is 18.2 Å². The van der Waals surface area contributed by atoms with Gasteiger partial charge in [-0.15, -0.1) is 0 Å². The van der Waals surface area contributed by atoms with Gasteiger partial charge in [0.05, 0.1) is 6.54 Å². The maximum absolute atomic E-state index is 14.8. The number of likely N-dealkylation sites (tertiary alicyclic amines) is 1. The van der Waals surface area contributed by atoms with Crippen LogP contribution in [0, 0.1) is 5.82 Å². The van der Waals surface area contributed by atoms with Crippen molar-refractivity contribution in [1.82, 2.24) is 20.4 Å². The minimum atomic E-state index is -0.778. The number of ether oxygens (including phenoxy) is 1. The molecule has 3 amide bonds. The minimum Gasteiger partial charge on any atom is -0.480 e. The number of benzene rings is 1. The molecule has 0 spiro atoms. The van der Waals surface area contributed by atoms with Gasteiger partial charge in [-0.25, -0.2) is 4.39 Å². The minimum absolute atomic E-state index is 0.0928. The summed E-state index contributed by atoms with van der Waals surface area (Å²) in [5.41, 5.74) is 0.642. The number of hydrogen-bond donors (Lipinski definition) is 2. The molecular formula is C22H29FN4O4. The summed E-state index contributed by atoms with van der Waals surface area (Å²) in [5.74, 6) is -0.595. The number of amides is 3. The van der Waals surface area contributed by atoms with E-state index in [1.165, 1.54) is 6.07 Å². The summed E-state index contributed by atoms with van der Waals surface area (Å²) in [5, 5.41) is 5.48. The monoisotopic (exact) mass is 432 g/mol. The van der Waals surface area contributed by atoms with Gasteiger partial charge in [-0.05, 0) is 43.5 Å². The van der Waals surface area contributed by atoms with Crippen molar-refractivity contribution < 1.29 is 23.5 Å². The van der Waals surface area contributed by atoms with Crippen LogP contribution in [0.25, 0.3) is 0 Å². The average molecular weight is 432 g/mol. The Labute approximate surface area is 181 Å². The van der Waals surface area contributed by atoms with Crippen molar-refractivity contribution in [3.05, 3.63) is 29.6 Å². The molecule has 3 heterocycles. The third kappa shape index (κ3) is 5.40. The van der Waals surface area contributed by atoms with Crippen molar-refractivity contribution in [3.63, 3.8) is 0 Å². The molecule has 1 atom stereocenters. The summed E-state index contributed by atoms with van der Waals surface area (Å²) in [6.07, 6.45) is 1.31. The Morgan fingerprint density at radius 3 is 2.52 bits per heavy atom. The second kappa shape index (κ2) is 9.74. The van der Waals surface area contributed by atoms with Crippen LogP contribution in [0.3, 0.4) is 0 Å². The maximum atomic E-state index is 14.8. The molecule has 3 saturated heterocycles. The molecule has 8 nitrogen and oxygen atoms in total. The third-order valence-electron chi connectivity index (χ3n) is 6.29. The molecule has 0 bridgehead atoms. The van der Waals surface area contributed by atoms with E-state index < -0.39 is 12.0 Å². The zero-order chi connectivity index (χ0) is 21.8. The van der Waals surface area contributed by atoms with Crippen LogP contribution in [0.4, 0.5) is 4.39 Å². The van der Waals surface area contributed by atoms with Gasteiger partial charge in [0.2, 0.25) is 11.8 Å². The number of hydrogen-bond acceptors (Lipinski definition) is 6. The zero-order valence-electron chi connectivity index (χ0n) is 17.6. The van der Waals surface area contributed by atoms with E-state index in [4.69, 9.17) is 4.74 Å². The number of carbonyl (C=O) groups excluding carboxylic acids is 3. The Bertz CT molecular complexity index is 835.